The van der Waals surface area contributed by atoms with Gasteiger partial charge in [-0.1, -0.05) is 69.7 Å². The van der Waals surface area contributed by atoms with E-state index in [0.717, 1.165) is 17.3 Å². The number of aromatic carboxylic acids is 1. The maximum Gasteiger partial charge on any atom is 1.00 e. The Labute approximate surface area is 234 Å². The molecular weight excluding hydrogens is 434 g/mol. The Morgan fingerprint density at radius 2 is 1.56 bits per heavy atom. The van der Waals surface area contributed by atoms with Gasteiger partial charge in [-0.2, -0.15) is 0 Å². The van der Waals surface area contributed by atoms with Crippen molar-refractivity contribution in [2.75, 3.05) is 0 Å². The van der Waals surface area contributed by atoms with E-state index in [1.165, 1.54) is 23.8 Å². The molecule has 0 fully saturated rings. The van der Waals surface area contributed by atoms with Crippen LogP contribution < -0.4 is 57.1 Å². The molecule has 0 aromatic heterocycles. The predicted octanol–water partition coefficient (Wildman–Crippen LogP) is 3.84. The zero-order valence-corrected chi connectivity index (χ0v) is 23.2. The molecule has 0 aliphatic carbocycles. The van der Waals surface area contributed by atoms with Crippen LogP contribution in [0.1, 0.15) is 61.2 Å². The molecule has 170 valence electrons. The topological polar surface area (TPSA) is 86.7 Å². The quantitative estimate of drug-likeness (QED) is 0.333. The molecule has 0 aliphatic rings. The third kappa shape index (κ3) is 13.8. The fourth-order valence-electron chi connectivity index (χ4n) is 2.31. The van der Waals surface area contributed by atoms with Crippen molar-refractivity contribution in [3.05, 3.63) is 100 Å². The summed E-state index contributed by atoms with van der Waals surface area (Å²) in [5, 5.41) is 8.89. The number of hydrogen-bond acceptors (Lipinski definition) is 3. The number of aryl methyl sites for hydroxylation is 2. The smallest absolute Gasteiger partial charge is 0.565 e. The molecule has 7 heteroatoms. The number of nitrogens with two attached hydrogens (primary N) is 1. The van der Waals surface area contributed by atoms with Crippen molar-refractivity contribution >= 4 is 5.97 Å². The fourth-order valence-corrected chi connectivity index (χ4v) is 2.31. The molecule has 0 radical (unpaired) electrons. The number of halogens is 1. The normalized spacial score (nSPS) is 10.6. The SMILES string of the molecule is CC.CC.Cc1ccc(CC/C(=C\C(F)=C/N)[N-]OCc2ccc(C(=O)O)cc2)cc1.[K+]. The maximum atomic E-state index is 13.5. The molecule has 0 saturated heterocycles. The van der Waals surface area contributed by atoms with Crippen molar-refractivity contribution in [3.63, 3.8) is 0 Å². The third-order valence-electron chi connectivity index (χ3n) is 3.87. The summed E-state index contributed by atoms with van der Waals surface area (Å²) in [6.45, 7) is 10.2. The van der Waals surface area contributed by atoms with Gasteiger partial charge in [0.05, 0.1) is 12.2 Å². The Hall–Kier alpha value is -1.48. The first-order valence-corrected chi connectivity index (χ1v) is 10.5. The van der Waals surface area contributed by atoms with Gasteiger partial charge in [0.15, 0.2) is 0 Å². The Morgan fingerprint density at radius 1 is 1.03 bits per heavy atom. The first-order valence-electron chi connectivity index (χ1n) is 10.5. The monoisotopic (exact) mass is 468 g/mol. The summed E-state index contributed by atoms with van der Waals surface area (Å²) in [5.74, 6) is -1.58. The van der Waals surface area contributed by atoms with Crippen LogP contribution >= 0.6 is 0 Å². The minimum absolute atomic E-state index is 0. The predicted molar refractivity (Wildman–Crippen MR) is 125 cm³/mol. The van der Waals surface area contributed by atoms with E-state index in [1.807, 2.05) is 58.9 Å². The molecule has 2 aromatic rings. The van der Waals surface area contributed by atoms with Gasteiger partial charge < -0.3 is 21.2 Å². The molecule has 2 aromatic carbocycles. The largest absolute Gasteiger partial charge is 1.00 e. The van der Waals surface area contributed by atoms with Crippen molar-refractivity contribution in [2.24, 2.45) is 5.73 Å². The molecule has 32 heavy (non-hydrogen) atoms. The van der Waals surface area contributed by atoms with Gasteiger partial charge >= 0.3 is 57.4 Å². The van der Waals surface area contributed by atoms with Crippen molar-refractivity contribution in [2.45, 2.75) is 54.1 Å². The van der Waals surface area contributed by atoms with Gasteiger partial charge in [0.1, 0.15) is 5.83 Å². The molecule has 0 saturated carbocycles. The van der Waals surface area contributed by atoms with Crippen molar-refractivity contribution < 1.29 is 70.5 Å². The number of carboxylic acid groups (broad SMARTS) is 1. The molecule has 5 nitrogen and oxygen atoms in total. The van der Waals surface area contributed by atoms with E-state index in [4.69, 9.17) is 15.7 Å². The van der Waals surface area contributed by atoms with Crippen molar-refractivity contribution in [1.29, 1.82) is 0 Å². The summed E-state index contributed by atoms with van der Waals surface area (Å²) in [5.41, 5.74) is 12.9. The standard InChI is InChI=1S/C21H22FN2O3.2C2H6.K/c1-15-2-4-16(5-3-15)8-11-20(12-19(22)13-23)24-27-14-17-6-9-18(10-7-17)21(25)26;2*1-2;/h2-7,9-10,12-13H,8,11,14,23H2,1H3,(H,25,26);2*1-2H3;/q-1;;;+1/b19-13+,20-12+;;;. The van der Waals surface area contributed by atoms with Gasteiger partial charge in [0, 0.05) is 6.20 Å². The Kier molecular flexibility index (Phi) is 20.6. The molecule has 0 bridgehead atoms. The van der Waals surface area contributed by atoms with E-state index >= 15 is 0 Å². The summed E-state index contributed by atoms with van der Waals surface area (Å²) in [6.07, 6.45) is 3.28. The van der Waals surface area contributed by atoms with Gasteiger partial charge in [0.2, 0.25) is 0 Å². The van der Waals surface area contributed by atoms with Crippen LogP contribution in [-0.4, -0.2) is 11.1 Å². The van der Waals surface area contributed by atoms with Crippen molar-refractivity contribution in [1.82, 2.24) is 0 Å². The molecule has 0 unspecified atom stereocenters. The van der Waals surface area contributed by atoms with Crippen LogP contribution in [-0.2, 0) is 17.9 Å². The summed E-state index contributed by atoms with van der Waals surface area (Å²) >= 11 is 0. The number of benzene rings is 2. The average Bonchev–Trinajstić information content (AvgIpc) is 2.81. The second kappa shape index (κ2) is 20.1. The number of allylic oxidation sites excluding steroid dienone is 3. The summed E-state index contributed by atoms with van der Waals surface area (Å²) in [7, 11) is 0. The molecule has 0 atom stereocenters. The van der Waals surface area contributed by atoms with E-state index in [-0.39, 0.29) is 63.6 Å². The van der Waals surface area contributed by atoms with Gasteiger partial charge in [0.25, 0.3) is 0 Å². The van der Waals surface area contributed by atoms with Crippen LogP contribution in [0.25, 0.3) is 5.48 Å². The number of hydrogen-bond donors (Lipinski definition) is 2. The van der Waals surface area contributed by atoms with E-state index in [2.05, 4.69) is 5.48 Å². The van der Waals surface area contributed by atoms with Crippen LogP contribution in [0.4, 0.5) is 4.39 Å². The Morgan fingerprint density at radius 3 is 2.06 bits per heavy atom. The van der Waals surface area contributed by atoms with Crippen molar-refractivity contribution in [3.8, 4) is 0 Å². The van der Waals surface area contributed by atoms with Crippen LogP contribution in [0.3, 0.4) is 0 Å². The second-order valence-corrected chi connectivity index (χ2v) is 6.04. The number of carboxylic acids is 1. The Bertz CT molecular complexity index is 820. The summed E-state index contributed by atoms with van der Waals surface area (Å²) < 4.78 is 13.5. The number of carbonyl (C=O) groups is 1. The molecular formula is C25H34FKN2O3. The van der Waals surface area contributed by atoms with Gasteiger partial charge in [-0.3, -0.25) is 0 Å². The number of nitrogens with zero attached hydrogens (tertiary/aromatic N) is 1. The van der Waals surface area contributed by atoms with Crippen LogP contribution in [0.2, 0.25) is 0 Å². The van der Waals surface area contributed by atoms with Crippen LogP contribution in [0.5, 0.6) is 0 Å². The van der Waals surface area contributed by atoms with E-state index in [0.29, 0.717) is 18.5 Å². The van der Waals surface area contributed by atoms with Gasteiger partial charge in [-0.15, -0.1) is 5.70 Å². The summed E-state index contributed by atoms with van der Waals surface area (Å²) in [4.78, 5) is 16.2. The van der Waals surface area contributed by atoms with E-state index < -0.39 is 11.8 Å². The molecule has 0 heterocycles. The summed E-state index contributed by atoms with van der Waals surface area (Å²) in [6, 6.07) is 14.4. The van der Waals surface area contributed by atoms with Crippen LogP contribution in [0.15, 0.2) is 72.3 Å². The average molecular weight is 469 g/mol. The zero-order chi connectivity index (χ0) is 23.6. The minimum Gasteiger partial charge on any atom is -0.565 e. The van der Waals surface area contributed by atoms with Gasteiger partial charge in [-0.25, -0.2) is 9.18 Å². The second-order valence-electron chi connectivity index (χ2n) is 6.04. The molecule has 0 aliphatic heterocycles. The minimum atomic E-state index is -0.988. The Balaban J connectivity index is 0. The molecule has 2 rings (SSSR count). The molecule has 0 spiro atoms. The molecule has 3 N–H and O–H groups in total. The van der Waals surface area contributed by atoms with E-state index in [1.54, 1.807) is 12.1 Å². The zero-order valence-electron chi connectivity index (χ0n) is 20.1. The fraction of sp³-hybridized carbons (Fsp3) is 0.320. The third-order valence-corrected chi connectivity index (χ3v) is 3.87. The van der Waals surface area contributed by atoms with Gasteiger partial charge in [-0.05, 0) is 49.1 Å². The molecule has 0 amide bonds. The first kappa shape index (κ1) is 32.7. The van der Waals surface area contributed by atoms with E-state index in [9.17, 15) is 9.18 Å². The number of rotatable bonds is 9. The van der Waals surface area contributed by atoms with Crippen LogP contribution in [0, 0.1) is 6.92 Å². The first-order chi connectivity index (χ1) is 15.0. The number of hydroxylamine groups is 1. The maximum absolute atomic E-state index is 13.5.